The highest BCUT2D eigenvalue weighted by Gasteiger charge is 2.21. The first kappa shape index (κ1) is 16.6. The lowest BCUT2D eigenvalue weighted by Gasteiger charge is -2.17. The van der Waals surface area contributed by atoms with Crippen LogP contribution in [0.5, 0.6) is 0 Å². The Morgan fingerprint density at radius 1 is 1.25 bits per heavy atom. The van der Waals surface area contributed by atoms with Crippen molar-refractivity contribution in [2.24, 2.45) is 0 Å². The molecule has 5 nitrogen and oxygen atoms in total. The van der Waals surface area contributed by atoms with E-state index in [4.69, 9.17) is 4.52 Å². The van der Waals surface area contributed by atoms with Gasteiger partial charge >= 0.3 is 0 Å². The predicted molar refractivity (Wildman–Crippen MR) is 87.2 cm³/mol. The maximum Gasteiger partial charge on any atom is 0.253 e. The third-order valence-electron chi connectivity index (χ3n) is 4.55. The topological polar surface area (TPSA) is 59.2 Å². The molecule has 0 aliphatic heterocycles. The van der Waals surface area contributed by atoms with Crippen molar-refractivity contribution in [3.05, 3.63) is 47.4 Å². The van der Waals surface area contributed by atoms with Gasteiger partial charge in [-0.05, 0) is 37.1 Å². The molecule has 1 saturated carbocycles. The van der Waals surface area contributed by atoms with Gasteiger partial charge in [0, 0.05) is 31.5 Å². The van der Waals surface area contributed by atoms with Gasteiger partial charge in [-0.25, -0.2) is 4.39 Å². The van der Waals surface area contributed by atoms with Crippen LogP contribution in [0.2, 0.25) is 0 Å². The van der Waals surface area contributed by atoms with Crippen molar-refractivity contribution in [2.45, 2.75) is 44.4 Å². The Kier molecular flexibility index (Phi) is 5.23. The molecule has 0 unspecified atom stereocenters. The summed E-state index contributed by atoms with van der Waals surface area (Å²) in [5.41, 5.74) is 0.468. The van der Waals surface area contributed by atoms with Gasteiger partial charge in [0.05, 0.1) is 0 Å². The van der Waals surface area contributed by atoms with Crippen LogP contribution in [0.15, 0.2) is 28.8 Å². The molecule has 0 N–H and O–H groups in total. The fraction of sp³-hybridized carbons (Fsp3) is 0.500. The normalized spacial score (nSPS) is 15.4. The lowest BCUT2D eigenvalue weighted by atomic mass is 9.89. The molecule has 2 aromatic rings. The van der Waals surface area contributed by atoms with E-state index in [1.54, 1.807) is 11.9 Å². The SMILES string of the molecule is CN(CCc1noc(C2CCCCC2)n1)C(=O)c1ccc(F)cc1. The molecule has 1 aromatic carbocycles. The van der Waals surface area contributed by atoms with E-state index < -0.39 is 0 Å². The van der Waals surface area contributed by atoms with E-state index in [9.17, 15) is 9.18 Å². The molecule has 128 valence electrons. The highest BCUT2D eigenvalue weighted by molar-refractivity contribution is 5.93. The molecule has 0 spiro atoms. The standard InChI is InChI=1S/C18H22FN3O2/c1-22(18(23)14-7-9-15(19)10-8-14)12-11-16-20-17(24-21-16)13-5-3-2-4-6-13/h7-10,13H,2-6,11-12H2,1H3. The molecule has 0 bridgehead atoms. The molecule has 1 aliphatic rings. The average Bonchev–Trinajstić information content (AvgIpc) is 3.09. The first-order chi connectivity index (χ1) is 11.6. The van der Waals surface area contributed by atoms with Gasteiger partial charge in [-0.3, -0.25) is 4.79 Å². The van der Waals surface area contributed by atoms with E-state index in [-0.39, 0.29) is 11.7 Å². The predicted octanol–water partition coefficient (Wildman–Crippen LogP) is 3.57. The largest absolute Gasteiger partial charge is 0.341 e. The molecular formula is C18H22FN3O2. The fourth-order valence-corrected chi connectivity index (χ4v) is 3.07. The first-order valence-electron chi connectivity index (χ1n) is 8.47. The quantitative estimate of drug-likeness (QED) is 0.840. The van der Waals surface area contributed by atoms with Crippen LogP contribution in [0.25, 0.3) is 0 Å². The van der Waals surface area contributed by atoms with Crippen molar-refractivity contribution in [1.29, 1.82) is 0 Å². The van der Waals surface area contributed by atoms with Crippen LogP contribution in [0.4, 0.5) is 4.39 Å². The summed E-state index contributed by atoms with van der Waals surface area (Å²) in [6, 6.07) is 5.56. The number of carbonyl (C=O) groups excluding carboxylic acids is 1. The first-order valence-corrected chi connectivity index (χ1v) is 8.47. The molecule has 0 atom stereocenters. The molecule has 0 saturated heterocycles. The van der Waals surface area contributed by atoms with Crippen molar-refractivity contribution >= 4 is 5.91 Å². The Morgan fingerprint density at radius 2 is 1.96 bits per heavy atom. The Bertz CT molecular complexity index is 678. The van der Waals surface area contributed by atoms with Crippen LogP contribution in [0.3, 0.4) is 0 Å². The summed E-state index contributed by atoms with van der Waals surface area (Å²) >= 11 is 0. The molecule has 1 fully saturated rings. The van der Waals surface area contributed by atoms with Crippen LogP contribution in [-0.2, 0) is 6.42 Å². The number of hydrogen-bond acceptors (Lipinski definition) is 4. The van der Waals surface area contributed by atoms with Gasteiger partial charge in [0.2, 0.25) is 5.89 Å². The monoisotopic (exact) mass is 331 g/mol. The second-order valence-electron chi connectivity index (χ2n) is 6.37. The molecular weight excluding hydrogens is 309 g/mol. The molecule has 1 aliphatic carbocycles. The Hall–Kier alpha value is -2.24. The zero-order chi connectivity index (χ0) is 16.9. The fourth-order valence-electron chi connectivity index (χ4n) is 3.07. The molecule has 1 aromatic heterocycles. The molecule has 1 amide bonds. The summed E-state index contributed by atoms with van der Waals surface area (Å²) in [7, 11) is 1.72. The lowest BCUT2D eigenvalue weighted by Crippen LogP contribution is -2.29. The summed E-state index contributed by atoms with van der Waals surface area (Å²) in [6.45, 7) is 0.486. The van der Waals surface area contributed by atoms with Crippen LogP contribution in [0.1, 0.15) is 60.1 Å². The van der Waals surface area contributed by atoms with Crippen molar-refractivity contribution < 1.29 is 13.7 Å². The number of benzene rings is 1. The van der Waals surface area contributed by atoms with Crippen LogP contribution in [-0.4, -0.2) is 34.5 Å². The minimum atomic E-state index is -0.351. The molecule has 0 radical (unpaired) electrons. The summed E-state index contributed by atoms with van der Waals surface area (Å²) in [5.74, 6) is 1.26. The summed E-state index contributed by atoms with van der Waals surface area (Å²) in [4.78, 5) is 18.3. The van der Waals surface area contributed by atoms with Gasteiger partial charge < -0.3 is 9.42 Å². The number of likely N-dealkylation sites (N-methyl/N-ethyl adjacent to an activating group) is 1. The number of rotatable bonds is 5. The minimum absolute atomic E-state index is 0.147. The van der Waals surface area contributed by atoms with Crippen LogP contribution in [0, 0.1) is 5.82 Å². The number of nitrogens with zero attached hydrogens (tertiary/aromatic N) is 3. The molecule has 6 heteroatoms. The van der Waals surface area contributed by atoms with Gasteiger partial charge in [-0.2, -0.15) is 4.98 Å². The highest BCUT2D eigenvalue weighted by atomic mass is 19.1. The zero-order valence-electron chi connectivity index (χ0n) is 13.9. The van der Waals surface area contributed by atoms with Gasteiger partial charge in [0.1, 0.15) is 5.82 Å². The summed E-state index contributed by atoms with van der Waals surface area (Å²) in [5, 5.41) is 4.03. The molecule has 24 heavy (non-hydrogen) atoms. The Balaban J connectivity index is 1.54. The van der Waals surface area contributed by atoms with E-state index in [2.05, 4.69) is 10.1 Å². The van der Waals surface area contributed by atoms with E-state index >= 15 is 0 Å². The van der Waals surface area contributed by atoms with Crippen LogP contribution >= 0.6 is 0 Å². The third-order valence-corrected chi connectivity index (χ3v) is 4.55. The van der Waals surface area contributed by atoms with E-state index in [1.807, 2.05) is 0 Å². The third kappa shape index (κ3) is 3.99. The van der Waals surface area contributed by atoms with Crippen molar-refractivity contribution in [1.82, 2.24) is 15.0 Å². The molecule has 3 rings (SSSR count). The summed E-state index contributed by atoms with van der Waals surface area (Å²) in [6.07, 6.45) is 6.50. The smallest absolute Gasteiger partial charge is 0.253 e. The van der Waals surface area contributed by atoms with E-state index in [1.165, 1.54) is 43.5 Å². The number of carbonyl (C=O) groups is 1. The summed E-state index contributed by atoms with van der Waals surface area (Å²) < 4.78 is 18.3. The van der Waals surface area contributed by atoms with E-state index in [0.717, 1.165) is 18.7 Å². The molecule has 1 heterocycles. The number of hydrogen-bond donors (Lipinski definition) is 0. The average molecular weight is 331 g/mol. The zero-order valence-corrected chi connectivity index (χ0v) is 13.9. The number of amides is 1. The second kappa shape index (κ2) is 7.55. The maximum absolute atomic E-state index is 12.9. The minimum Gasteiger partial charge on any atom is -0.341 e. The van der Waals surface area contributed by atoms with Crippen molar-refractivity contribution in [2.75, 3.05) is 13.6 Å². The van der Waals surface area contributed by atoms with Gasteiger partial charge in [0.25, 0.3) is 5.91 Å². The van der Waals surface area contributed by atoms with Crippen molar-refractivity contribution in [3.63, 3.8) is 0 Å². The van der Waals surface area contributed by atoms with Gasteiger partial charge in [-0.15, -0.1) is 0 Å². The second-order valence-corrected chi connectivity index (χ2v) is 6.37. The van der Waals surface area contributed by atoms with Gasteiger partial charge in [-0.1, -0.05) is 24.4 Å². The van der Waals surface area contributed by atoms with E-state index in [0.29, 0.717) is 30.3 Å². The van der Waals surface area contributed by atoms with Crippen LogP contribution < -0.4 is 0 Å². The number of aromatic nitrogens is 2. The lowest BCUT2D eigenvalue weighted by molar-refractivity contribution is 0.0795. The highest BCUT2D eigenvalue weighted by Crippen LogP contribution is 2.31. The number of halogens is 1. The van der Waals surface area contributed by atoms with Gasteiger partial charge in [0.15, 0.2) is 5.82 Å². The van der Waals surface area contributed by atoms with Crippen molar-refractivity contribution in [3.8, 4) is 0 Å². The maximum atomic E-state index is 12.9. The Morgan fingerprint density at radius 3 is 2.67 bits per heavy atom. The Labute approximate surface area is 140 Å².